The second-order valence-electron chi connectivity index (χ2n) is 6.92. The van der Waals surface area contributed by atoms with Gasteiger partial charge in [-0.05, 0) is 55.2 Å². The maximum atomic E-state index is 13.6. The van der Waals surface area contributed by atoms with E-state index in [-0.39, 0.29) is 11.4 Å². The molecule has 0 unspecified atom stereocenters. The molecule has 1 nitrogen and oxygen atoms in total. The van der Waals surface area contributed by atoms with Gasteiger partial charge >= 0.3 is 0 Å². The molecule has 0 amide bonds. The lowest BCUT2D eigenvalue weighted by molar-refractivity contribution is 0.249. The van der Waals surface area contributed by atoms with E-state index < -0.39 is 0 Å². The van der Waals surface area contributed by atoms with Gasteiger partial charge in [-0.1, -0.05) is 50.7 Å². The normalized spacial score (nSPS) is 20.9. The van der Waals surface area contributed by atoms with Gasteiger partial charge in [0.2, 0.25) is 0 Å². The first kappa shape index (κ1) is 17.7. The predicted octanol–water partition coefficient (Wildman–Crippen LogP) is 6.18. The highest BCUT2D eigenvalue weighted by Crippen LogP contribution is 2.34. The molecular formula is C21H28FN. The largest absolute Gasteiger partial charge is 0.206 e. The highest BCUT2D eigenvalue weighted by Gasteiger charge is 2.20. The lowest BCUT2D eigenvalue weighted by Crippen LogP contribution is -2.15. The molecular weight excluding hydrogens is 285 g/mol. The lowest BCUT2D eigenvalue weighted by atomic mass is 9.78. The Hall–Kier alpha value is -1.62. The van der Waals surface area contributed by atoms with Crippen molar-refractivity contribution in [3.05, 3.63) is 47.8 Å². The molecule has 0 bridgehead atoms. The van der Waals surface area contributed by atoms with Crippen molar-refractivity contribution in [1.29, 1.82) is 5.26 Å². The van der Waals surface area contributed by atoms with E-state index in [2.05, 4.69) is 6.58 Å². The zero-order valence-corrected chi connectivity index (χ0v) is 14.1. The second-order valence-corrected chi connectivity index (χ2v) is 6.92. The van der Waals surface area contributed by atoms with Gasteiger partial charge in [-0.15, -0.1) is 6.58 Å². The molecule has 0 saturated heterocycles. The Balaban J connectivity index is 1.67. The fourth-order valence-electron chi connectivity index (χ4n) is 3.71. The third kappa shape index (κ3) is 5.82. The monoisotopic (exact) mass is 313 g/mol. The maximum Gasteiger partial charge on any atom is 0.141 e. The van der Waals surface area contributed by atoms with Crippen LogP contribution in [0, 0.1) is 29.0 Å². The van der Waals surface area contributed by atoms with Gasteiger partial charge < -0.3 is 0 Å². The molecule has 1 aromatic carbocycles. The molecule has 0 aromatic heterocycles. The number of nitriles is 1. The number of nitrogens with zero attached hydrogens (tertiary/aromatic N) is 1. The highest BCUT2D eigenvalue weighted by molar-refractivity contribution is 5.33. The third-order valence-electron chi connectivity index (χ3n) is 5.23. The van der Waals surface area contributed by atoms with Gasteiger partial charge in [0.05, 0.1) is 5.56 Å². The second kappa shape index (κ2) is 9.50. The van der Waals surface area contributed by atoms with Crippen LogP contribution in [-0.2, 0) is 6.42 Å². The van der Waals surface area contributed by atoms with Gasteiger partial charge in [0.15, 0.2) is 0 Å². The minimum absolute atomic E-state index is 0.144. The van der Waals surface area contributed by atoms with E-state index in [0.717, 1.165) is 36.7 Å². The van der Waals surface area contributed by atoms with E-state index in [4.69, 9.17) is 5.26 Å². The summed E-state index contributed by atoms with van der Waals surface area (Å²) >= 11 is 0. The molecule has 1 aliphatic carbocycles. The van der Waals surface area contributed by atoms with Crippen molar-refractivity contribution in [3.8, 4) is 6.07 Å². The number of aryl methyl sites for hydroxylation is 1. The Morgan fingerprint density at radius 3 is 2.43 bits per heavy atom. The number of hydrogen-bond acceptors (Lipinski definition) is 1. The summed E-state index contributed by atoms with van der Waals surface area (Å²) in [5.41, 5.74) is 1.17. The van der Waals surface area contributed by atoms with Crippen LogP contribution in [0.3, 0.4) is 0 Å². The SMILES string of the molecule is C=CCCCCC1CCC(CCc2ccc(C#N)c(F)c2)CC1. The predicted molar refractivity (Wildman–Crippen MR) is 93.5 cm³/mol. The van der Waals surface area contributed by atoms with Crippen LogP contribution in [0.4, 0.5) is 4.39 Å². The van der Waals surface area contributed by atoms with E-state index in [1.54, 1.807) is 6.07 Å². The standard InChI is InChI=1S/C21H28FN/c1-2-3-4-5-6-17-7-9-18(10-8-17)11-12-19-13-14-20(16-23)21(22)15-19/h2,13-15,17-18H,1,3-12H2. The number of halogens is 1. The maximum absolute atomic E-state index is 13.6. The van der Waals surface area contributed by atoms with Gasteiger partial charge in [-0.25, -0.2) is 4.39 Å². The quantitative estimate of drug-likeness (QED) is 0.415. The summed E-state index contributed by atoms with van der Waals surface area (Å²) in [5, 5.41) is 8.76. The van der Waals surface area contributed by atoms with Crippen LogP contribution in [0.15, 0.2) is 30.9 Å². The summed E-state index contributed by atoms with van der Waals surface area (Å²) in [6.45, 7) is 3.78. The van der Waals surface area contributed by atoms with Gasteiger partial charge in [-0.2, -0.15) is 5.26 Å². The minimum atomic E-state index is -0.381. The molecule has 0 atom stereocenters. The molecule has 0 aliphatic heterocycles. The molecule has 0 spiro atoms. The summed E-state index contributed by atoms with van der Waals surface area (Å²) in [6, 6.07) is 6.91. The molecule has 2 heteroatoms. The Bertz CT molecular complexity index is 535. The van der Waals surface area contributed by atoms with Crippen molar-refractivity contribution in [2.24, 2.45) is 11.8 Å². The van der Waals surface area contributed by atoms with E-state index in [1.165, 1.54) is 51.0 Å². The average molecular weight is 313 g/mol. The number of unbranched alkanes of at least 4 members (excludes halogenated alkanes) is 2. The fourth-order valence-corrected chi connectivity index (χ4v) is 3.71. The minimum Gasteiger partial charge on any atom is -0.206 e. The van der Waals surface area contributed by atoms with Crippen molar-refractivity contribution in [1.82, 2.24) is 0 Å². The molecule has 124 valence electrons. The van der Waals surface area contributed by atoms with Crippen LogP contribution in [0.25, 0.3) is 0 Å². The number of rotatable bonds is 8. The number of benzene rings is 1. The van der Waals surface area contributed by atoms with Crippen LogP contribution in [0.5, 0.6) is 0 Å². The lowest BCUT2D eigenvalue weighted by Gasteiger charge is -2.28. The molecule has 1 aliphatic rings. The van der Waals surface area contributed by atoms with Crippen LogP contribution in [0.2, 0.25) is 0 Å². The Kier molecular flexibility index (Phi) is 7.33. The van der Waals surface area contributed by atoms with E-state index >= 15 is 0 Å². The van der Waals surface area contributed by atoms with Crippen molar-refractivity contribution in [2.75, 3.05) is 0 Å². The van der Waals surface area contributed by atoms with Crippen LogP contribution in [0.1, 0.15) is 68.9 Å². The third-order valence-corrected chi connectivity index (χ3v) is 5.23. The molecule has 0 N–H and O–H groups in total. The summed E-state index contributed by atoms with van der Waals surface area (Å²) in [4.78, 5) is 0. The zero-order valence-electron chi connectivity index (χ0n) is 14.1. The van der Waals surface area contributed by atoms with Crippen molar-refractivity contribution in [3.63, 3.8) is 0 Å². The zero-order chi connectivity index (χ0) is 16.5. The summed E-state index contributed by atoms with van der Waals surface area (Å²) in [7, 11) is 0. The van der Waals surface area contributed by atoms with E-state index in [0.29, 0.717) is 0 Å². The van der Waals surface area contributed by atoms with Crippen molar-refractivity contribution < 1.29 is 4.39 Å². The van der Waals surface area contributed by atoms with Gasteiger partial charge in [0, 0.05) is 0 Å². The summed E-state index contributed by atoms with van der Waals surface area (Å²) in [5.74, 6) is 1.33. The van der Waals surface area contributed by atoms with Crippen molar-refractivity contribution in [2.45, 2.75) is 64.2 Å². The summed E-state index contributed by atoms with van der Waals surface area (Å²) in [6.07, 6.45) is 14.6. The van der Waals surface area contributed by atoms with Crippen LogP contribution >= 0.6 is 0 Å². The first-order chi connectivity index (χ1) is 11.2. The smallest absolute Gasteiger partial charge is 0.141 e. The Morgan fingerprint density at radius 1 is 1.13 bits per heavy atom. The van der Waals surface area contributed by atoms with Crippen molar-refractivity contribution >= 4 is 0 Å². The number of allylic oxidation sites excluding steroid dienone is 1. The molecule has 1 saturated carbocycles. The molecule has 2 rings (SSSR count). The molecule has 1 aromatic rings. The Morgan fingerprint density at radius 2 is 1.83 bits per heavy atom. The molecule has 23 heavy (non-hydrogen) atoms. The van der Waals surface area contributed by atoms with E-state index in [9.17, 15) is 4.39 Å². The topological polar surface area (TPSA) is 23.8 Å². The van der Waals surface area contributed by atoms with E-state index in [1.807, 2.05) is 18.2 Å². The molecule has 0 heterocycles. The first-order valence-corrected chi connectivity index (χ1v) is 9.02. The van der Waals surface area contributed by atoms with Crippen LogP contribution in [-0.4, -0.2) is 0 Å². The molecule has 0 radical (unpaired) electrons. The average Bonchev–Trinajstić information content (AvgIpc) is 2.58. The van der Waals surface area contributed by atoms with Gasteiger partial charge in [-0.3, -0.25) is 0 Å². The summed E-state index contributed by atoms with van der Waals surface area (Å²) < 4.78 is 13.6. The Labute approximate surface area is 140 Å². The van der Waals surface area contributed by atoms with Gasteiger partial charge in [0.1, 0.15) is 11.9 Å². The highest BCUT2D eigenvalue weighted by atomic mass is 19.1. The van der Waals surface area contributed by atoms with Crippen LogP contribution < -0.4 is 0 Å². The molecule has 1 fully saturated rings. The fraction of sp³-hybridized carbons (Fsp3) is 0.571. The number of hydrogen-bond donors (Lipinski definition) is 0. The first-order valence-electron chi connectivity index (χ1n) is 9.02. The van der Waals surface area contributed by atoms with Gasteiger partial charge in [0.25, 0.3) is 0 Å².